The summed E-state index contributed by atoms with van der Waals surface area (Å²) in [5.74, 6) is 0.627. The summed E-state index contributed by atoms with van der Waals surface area (Å²) < 4.78 is 7.08. The molecule has 1 N–H and O–H groups in total. The van der Waals surface area contributed by atoms with Gasteiger partial charge >= 0.3 is 0 Å². The third-order valence-electron chi connectivity index (χ3n) is 4.17. The fraction of sp³-hybridized carbons (Fsp3) is 0.800. The molecule has 2 atom stereocenters. The second-order valence-corrected chi connectivity index (χ2v) is 5.93. The molecule has 1 aliphatic rings. The van der Waals surface area contributed by atoms with Crippen LogP contribution in [-0.4, -0.2) is 48.7 Å². The quantitative estimate of drug-likeness (QED) is 0.862. The van der Waals surface area contributed by atoms with Gasteiger partial charge in [0.05, 0.1) is 25.0 Å². The van der Waals surface area contributed by atoms with Crippen LogP contribution in [0.25, 0.3) is 0 Å². The van der Waals surface area contributed by atoms with E-state index in [0.29, 0.717) is 24.6 Å². The van der Waals surface area contributed by atoms with Gasteiger partial charge in [-0.1, -0.05) is 20.8 Å². The molecular weight excluding hydrogens is 252 g/mol. The van der Waals surface area contributed by atoms with Crippen LogP contribution in [0.2, 0.25) is 0 Å². The predicted octanol–water partition coefficient (Wildman–Crippen LogP) is 1.74. The van der Waals surface area contributed by atoms with Gasteiger partial charge in [-0.3, -0.25) is 4.68 Å². The fourth-order valence-electron chi connectivity index (χ4n) is 2.81. The van der Waals surface area contributed by atoms with Crippen LogP contribution in [0.15, 0.2) is 12.4 Å². The molecule has 1 aliphatic heterocycles. The normalized spacial score (nSPS) is 23.6. The van der Waals surface area contributed by atoms with E-state index in [0.717, 1.165) is 19.6 Å². The molecule has 1 aromatic rings. The summed E-state index contributed by atoms with van der Waals surface area (Å²) in [5.41, 5.74) is 1.24. The van der Waals surface area contributed by atoms with Gasteiger partial charge in [-0.2, -0.15) is 5.10 Å². The average molecular weight is 280 g/mol. The number of methoxy groups -OCH3 is 1. The number of ether oxygens (including phenoxy) is 1. The topological polar surface area (TPSA) is 42.3 Å². The van der Waals surface area contributed by atoms with E-state index in [1.54, 1.807) is 7.11 Å². The molecule has 0 radical (unpaired) electrons. The molecule has 1 aromatic heterocycles. The van der Waals surface area contributed by atoms with E-state index >= 15 is 0 Å². The van der Waals surface area contributed by atoms with E-state index in [4.69, 9.17) is 4.74 Å². The third-order valence-corrected chi connectivity index (χ3v) is 4.17. The van der Waals surface area contributed by atoms with E-state index in [-0.39, 0.29) is 0 Å². The highest BCUT2D eigenvalue weighted by atomic mass is 16.5. The van der Waals surface area contributed by atoms with Crippen molar-refractivity contribution in [3.8, 4) is 0 Å². The summed E-state index contributed by atoms with van der Waals surface area (Å²) in [5, 5.41) is 8.10. The first-order valence-electron chi connectivity index (χ1n) is 7.67. The predicted molar refractivity (Wildman–Crippen MR) is 82.2 cm³/mol. The van der Waals surface area contributed by atoms with Gasteiger partial charge in [-0.25, -0.2) is 0 Å². The minimum Gasteiger partial charge on any atom is -0.383 e. The fourth-order valence-corrected chi connectivity index (χ4v) is 2.81. The maximum absolute atomic E-state index is 5.11. The second-order valence-electron chi connectivity index (χ2n) is 5.93. The molecule has 1 fully saturated rings. The second kappa shape index (κ2) is 7.09. The van der Waals surface area contributed by atoms with Crippen LogP contribution >= 0.6 is 0 Å². The Bertz CT molecular complexity index is 404. The van der Waals surface area contributed by atoms with Crippen molar-refractivity contribution >= 4 is 5.69 Å². The number of hydrogen-bond acceptors (Lipinski definition) is 4. The molecule has 0 aromatic carbocycles. The molecule has 2 unspecified atom stereocenters. The van der Waals surface area contributed by atoms with E-state index in [9.17, 15) is 0 Å². The van der Waals surface area contributed by atoms with Gasteiger partial charge in [0.2, 0.25) is 0 Å². The highest BCUT2D eigenvalue weighted by Gasteiger charge is 2.29. The van der Waals surface area contributed by atoms with Crippen molar-refractivity contribution < 1.29 is 4.74 Å². The van der Waals surface area contributed by atoms with Crippen molar-refractivity contribution in [2.75, 3.05) is 31.7 Å². The van der Waals surface area contributed by atoms with Gasteiger partial charge in [-0.15, -0.1) is 0 Å². The van der Waals surface area contributed by atoms with Gasteiger partial charge in [-0.05, 0) is 12.3 Å². The van der Waals surface area contributed by atoms with Crippen molar-refractivity contribution in [3.63, 3.8) is 0 Å². The lowest BCUT2D eigenvalue weighted by molar-refractivity contribution is 0.183. The van der Waals surface area contributed by atoms with Crippen molar-refractivity contribution in [1.82, 2.24) is 15.1 Å². The Hall–Kier alpha value is -1.07. The highest BCUT2D eigenvalue weighted by molar-refractivity contribution is 5.45. The summed E-state index contributed by atoms with van der Waals surface area (Å²) >= 11 is 0. The van der Waals surface area contributed by atoms with Gasteiger partial charge in [0, 0.05) is 38.5 Å². The van der Waals surface area contributed by atoms with Crippen LogP contribution in [0.4, 0.5) is 5.69 Å². The highest BCUT2D eigenvalue weighted by Crippen LogP contribution is 2.23. The van der Waals surface area contributed by atoms with E-state index in [1.807, 2.05) is 10.9 Å². The minimum absolute atomic E-state index is 0.540. The standard InChI is InChI=1S/C15H28N4O/c1-5-13-10-19(15(9-16-13)12(2)3)14-8-17-18(11-14)6-7-20-4/h8,11-13,15-16H,5-7,9-10H2,1-4H3. The number of anilines is 1. The molecule has 0 bridgehead atoms. The number of hydrogen-bond donors (Lipinski definition) is 1. The van der Waals surface area contributed by atoms with Crippen molar-refractivity contribution in [2.24, 2.45) is 5.92 Å². The molecule has 0 amide bonds. The Morgan fingerprint density at radius 2 is 2.30 bits per heavy atom. The zero-order valence-electron chi connectivity index (χ0n) is 13.2. The molecule has 5 heteroatoms. The zero-order valence-corrected chi connectivity index (χ0v) is 13.2. The first-order chi connectivity index (χ1) is 9.65. The Morgan fingerprint density at radius 3 is 2.95 bits per heavy atom. The van der Waals surface area contributed by atoms with Crippen molar-refractivity contribution in [2.45, 2.75) is 45.8 Å². The summed E-state index contributed by atoms with van der Waals surface area (Å²) in [6.07, 6.45) is 5.30. The van der Waals surface area contributed by atoms with E-state index < -0.39 is 0 Å². The van der Waals surface area contributed by atoms with Crippen LogP contribution < -0.4 is 10.2 Å². The molecule has 0 saturated carbocycles. The summed E-state index contributed by atoms with van der Waals surface area (Å²) in [7, 11) is 1.72. The molecule has 1 saturated heterocycles. The SMILES string of the molecule is CCC1CN(c2cnn(CCOC)c2)C(C(C)C)CN1. The van der Waals surface area contributed by atoms with E-state index in [2.05, 4.69) is 42.3 Å². The van der Waals surface area contributed by atoms with Gasteiger partial charge < -0.3 is 15.0 Å². The minimum atomic E-state index is 0.540. The van der Waals surface area contributed by atoms with Crippen LogP contribution in [0.5, 0.6) is 0 Å². The molecule has 2 heterocycles. The number of aromatic nitrogens is 2. The Labute approximate surface area is 122 Å². The van der Waals surface area contributed by atoms with E-state index in [1.165, 1.54) is 12.1 Å². The maximum atomic E-state index is 5.11. The monoisotopic (exact) mass is 280 g/mol. The van der Waals surface area contributed by atoms with Crippen LogP contribution in [-0.2, 0) is 11.3 Å². The Morgan fingerprint density at radius 1 is 1.50 bits per heavy atom. The zero-order chi connectivity index (χ0) is 14.5. The molecular formula is C15H28N4O. The van der Waals surface area contributed by atoms with Crippen LogP contribution in [0, 0.1) is 5.92 Å². The molecule has 0 aliphatic carbocycles. The molecule has 114 valence electrons. The number of rotatable bonds is 6. The summed E-state index contributed by atoms with van der Waals surface area (Å²) in [4.78, 5) is 2.52. The smallest absolute Gasteiger partial charge is 0.0756 e. The largest absolute Gasteiger partial charge is 0.383 e. The Balaban J connectivity index is 2.10. The lowest BCUT2D eigenvalue weighted by atomic mass is 9.97. The third kappa shape index (κ3) is 3.52. The van der Waals surface area contributed by atoms with Crippen molar-refractivity contribution in [3.05, 3.63) is 12.4 Å². The summed E-state index contributed by atoms with van der Waals surface area (Å²) in [6.45, 7) is 10.5. The lowest BCUT2D eigenvalue weighted by Crippen LogP contribution is -2.58. The van der Waals surface area contributed by atoms with Gasteiger partial charge in [0.15, 0.2) is 0 Å². The molecule has 0 spiro atoms. The molecule has 20 heavy (non-hydrogen) atoms. The van der Waals surface area contributed by atoms with Crippen LogP contribution in [0.1, 0.15) is 27.2 Å². The first-order valence-corrected chi connectivity index (χ1v) is 7.67. The lowest BCUT2D eigenvalue weighted by Gasteiger charge is -2.43. The molecule has 5 nitrogen and oxygen atoms in total. The van der Waals surface area contributed by atoms with Gasteiger partial charge in [0.25, 0.3) is 0 Å². The van der Waals surface area contributed by atoms with Crippen LogP contribution in [0.3, 0.4) is 0 Å². The number of piperazine rings is 1. The number of nitrogens with one attached hydrogen (secondary N) is 1. The summed E-state index contributed by atoms with van der Waals surface area (Å²) in [6, 6.07) is 1.12. The Kier molecular flexibility index (Phi) is 5.43. The first kappa shape index (κ1) is 15.3. The number of nitrogens with zero attached hydrogens (tertiary/aromatic N) is 3. The molecule has 2 rings (SSSR count). The van der Waals surface area contributed by atoms with Crippen molar-refractivity contribution in [1.29, 1.82) is 0 Å². The average Bonchev–Trinajstić information content (AvgIpc) is 2.93. The van der Waals surface area contributed by atoms with Gasteiger partial charge in [0.1, 0.15) is 0 Å². The maximum Gasteiger partial charge on any atom is 0.0756 e.